The first kappa shape index (κ1) is 23.9. The SMILES string of the molecule is CCCC(NC(=O)COC(=O)c1ccc(-n2c(C)nc3ccccc3c2=O)cc1)c1ccccc1. The van der Waals surface area contributed by atoms with Crippen molar-refractivity contribution in [1.82, 2.24) is 14.9 Å². The van der Waals surface area contributed by atoms with Gasteiger partial charge >= 0.3 is 5.97 Å². The molecule has 0 aliphatic carbocycles. The van der Waals surface area contributed by atoms with Gasteiger partial charge in [-0.05, 0) is 55.3 Å². The summed E-state index contributed by atoms with van der Waals surface area (Å²) in [7, 11) is 0. The van der Waals surface area contributed by atoms with Crippen LogP contribution in [0.15, 0.2) is 83.7 Å². The number of amides is 1. The first-order chi connectivity index (χ1) is 17.0. The van der Waals surface area contributed by atoms with E-state index in [9.17, 15) is 14.4 Å². The van der Waals surface area contributed by atoms with Crippen LogP contribution in [0.1, 0.15) is 47.6 Å². The standard InChI is InChI=1S/C28H27N3O4/c1-3-9-24(20-10-5-4-6-11-20)30-26(32)18-35-28(34)21-14-16-22(17-15-21)31-19(2)29-25-13-8-7-12-23(25)27(31)33/h4-8,10-17,24H,3,9,18H2,1-2H3,(H,30,32). The largest absolute Gasteiger partial charge is 0.452 e. The molecule has 0 saturated carbocycles. The summed E-state index contributed by atoms with van der Waals surface area (Å²) in [6.07, 6.45) is 1.69. The van der Waals surface area contributed by atoms with Gasteiger partial charge in [-0.2, -0.15) is 0 Å². The van der Waals surface area contributed by atoms with Gasteiger partial charge in [-0.1, -0.05) is 55.8 Å². The molecule has 0 aliphatic heterocycles. The van der Waals surface area contributed by atoms with Crippen LogP contribution in [0, 0.1) is 6.92 Å². The first-order valence-electron chi connectivity index (χ1n) is 11.6. The molecule has 0 radical (unpaired) electrons. The van der Waals surface area contributed by atoms with Gasteiger partial charge in [-0.25, -0.2) is 9.78 Å². The molecule has 3 aromatic carbocycles. The average molecular weight is 470 g/mol. The van der Waals surface area contributed by atoms with E-state index in [1.165, 1.54) is 4.57 Å². The number of nitrogens with one attached hydrogen (secondary N) is 1. The molecule has 1 heterocycles. The number of carbonyl (C=O) groups is 2. The summed E-state index contributed by atoms with van der Waals surface area (Å²) in [5, 5.41) is 3.46. The highest BCUT2D eigenvalue weighted by molar-refractivity contribution is 5.91. The fraction of sp³-hybridized carbons (Fsp3) is 0.214. The number of hydrogen-bond donors (Lipinski definition) is 1. The minimum Gasteiger partial charge on any atom is -0.452 e. The number of rotatable bonds is 8. The Kier molecular flexibility index (Phi) is 7.35. The Morgan fingerprint density at radius 2 is 1.66 bits per heavy atom. The third kappa shape index (κ3) is 5.46. The Labute approximate surface area is 203 Å². The van der Waals surface area contributed by atoms with Crippen molar-refractivity contribution in [1.29, 1.82) is 0 Å². The number of aryl methyl sites for hydroxylation is 1. The molecular formula is C28H27N3O4. The lowest BCUT2D eigenvalue weighted by Gasteiger charge is -2.18. The molecule has 4 rings (SSSR count). The molecule has 0 aliphatic rings. The van der Waals surface area contributed by atoms with E-state index < -0.39 is 5.97 Å². The Balaban J connectivity index is 1.42. The van der Waals surface area contributed by atoms with Crippen molar-refractivity contribution in [2.24, 2.45) is 0 Å². The van der Waals surface area contributed by atoms with Crippen LogP contribution in [-0.4, -0.2) is 28.0 Å². The second-order valence-electron chi connectivity index (χ2n) is 8.26. The molecule has 4 aromatic rings. The lowest BCUT2D eigenvalue weighted by atomic mass is 10.0. The Hall–Kier alpha value is -4.26. The maximum Gasteiger partial charge on any atom is 0.338 e. The number of ether oxygens (including phenoxy) is 1. The summed E-state index contributed by atoms with van der Waals surface area (Å²) in [5.41, 5.74) is 2.34. The van der Waals surface area contributed by atoms with Crippen molar-refractivity contribution in [3.63, 3.8) is 0 Å². The fourth-order valence-corrected chi connectivity index (χ4v) is 4.04. The molecule has 1 amide bonds. The minimum atomic E-state index is -0.612. The van der Waals surface area contributed by atoms with Crippen LogP contribution in [0.2, 0.25) is 0 Å². The number of carbonyl (C=O) groups excluding carboxylic acids is 2. The third-order valence-corrected chi connectivity index (χ3v) is 5.75. The van der Waals surface area contributed by atoms with Gasteiger partial charge in [0.05, 0.1) is 28.2 Å². The highest BCUT2D eigenvalue weighted by atomic mass is 16.5. The minimum absolute atomic E-state index is 0.135. The van der Waals surface area contributed by atoms with Gasteiger partial charge in [0.2, 0.25) is 0 Å². The second-order valence-corrected chi connectivity index (χ2v) is 8.26. The number of benzene rings is 3. The van der Waals surface area contributed by atoms with E-state index in [0.717, 1.165) is 18.4 Å². The molecule has 178 valence electrons. The van der Waals surface area contributed by atoms with E-state index in [1.54, 1.807) is 49.4 Å². The average Bonchev–Trinajstić information content (AvgIpc) is 2.88. The number of hydrogen-bond acceptors (Lipinski definition) is 5. The molecule has 0 spiro atoms. The lowest BCUT2D eigenvalue weighted by molar-refractivity contribution is -0.125. The normalized spacial score (nSPS) is 11.7. The topological polar surface area (TPSA) is 90.3 Å². The summed E-state index contributed by atoms with van der Waals surface area (Å²) in [4.78, 5) is 42.4. The van der Waals surface area contributed by atoms with Gasteiger partial charge in [-0.3, -0.25) is 14.2 Å². The van der Waals surface area contributed by atoms with E-state index in [4.69, 9.17) is 4.74 Å². The zero-order chi connectivity index (χ0) is 24.8. The molecule has 0 fully saturated rings. The van der Waals surface area contributed by atoms with Crippen molar-refractivity contribution in [2.75, 3.05) is 6.61 Å². The van der Waals surface area contributed by atoms with E-state index in [2.05, 4.69) is 17.2 Å². The van der Waals surface area contributed by atoms with Crippen LogP contribution < -0.4 is 10.9 Å². The number of fused-ring (bicyclic) bond motifs is 1. The van der Waals surface area contributed by atoms with E-state index in [-0.39, 0.29) is 29.7 Å². The van der Waals surface area contributed by atoms with E-state index in [0.29, 0.717) is 22.4 Å². The fourth-order valence-electron chi connectivity index (χ4n) is 4.04. The third-order valence-electron chi connectivity index (χ3n) is 5.75. The Bertz CT molecular complexity index is 1400. The van der Waals surface area contributed by atoms with Crippen molar-refractivity contribution >= 4 is 22.8 Å². The summed E-state index contributed by atoms with van der Waals surface area (Å²) in [5.74, 6) is -0.429. The maximum atomic E-state index is 13.0. The highest BCUT2D eigenvalue weighted by Gasteiger charge is 2.16. The quantitative estimate of drug-likeness (QED) is 0.384. The van der Waals surface area contributed by atoms with Gasteiger partial charge in [-0.15, -0.1) is 0 Å². The molecular weight excluding hydrogens is 442 g/mol. The predicted octanol–water partition coefficient (Wildman–Crippen LogP) is 4.51. The van der Waals surface area contributed by atoms with Crippen molar-refractivity contribution < 1.29 is 14.3 Å². The van der Waals surface area contributed by atoms with Gasteiger partial charge in [0.1, 0.15) is 5.82 Å². The summed E-state index contributed by atoms with van der Waals surface area (Å²) >= 11 is 0. The van der Waals surface area contributed by atoms with Crippen molar-refractivity contribution in [3.8, 4) is 5.69 Å². The molecule has 0 bridgehead atoms. The van der Waals surface area contributed by atoms with Gasteiger partial charge in [0.25, 0.3) is 11.5 Å². The molecule has 1 aromatic heterocycles. The number of nitrogens with zero attached hydrogens (tertiary/aromatic N) is 2. The maximum absolute atomic E-state index is 13.0. The van der Waals surface area contributed by atoms with Crippen LogP contribution in [0.25, 0.3) is 16.6 Å². The molecule has 35 heavy (non-hydrogen) atoms. The summed E-state index contributed by atoms with van der Waals surface area (Å²) < 4.78 is 6.73. The predicted molar refractivity (Wildman–Crippen MR) is 135 cm³/mol. The number of para-hydroxylation sites is 1. The molecule has 1 unspecified atom stereocenters. The van der Waals surface area contributed by atoms with Crippen LogP contribution in [0.4, 0.5) is 0 Å². The molecule has 0 saturated heterocycles. The van der Waals surface area contributed by atoms with Crippen LogP contribution in [0.5, 0.6) is 0 Å². The Morgan fingerprint density at radius 1 is 0.971 bits per heavy atom. The van der Waals surface area contributed by atoms with E-state index in [1.807, 2.05) is 36.4 Å². The molecule has 7 heteroatoms. The summed E-state index contributed by atoms with van der Waals surface area (Å²) in [6.45, 7) is 3.44. The highest BCUT2D eigenvalue weighted by Crippen LogP contribution is 2.18. The van der Waals surface area contributed by atoms with Crippen LogP contribution in [-0.2, 0) is 9.53 Å². The van der Waals surface area contributed by atoms with Gasteiger partial charge < -0.3 is 10.1 Å². The molecule has 1 N–H and O–H groups in total. The smallest absolute Gasteiger partial charge is 0.338 e. The van der Waals surface area contributed by atoms with Crippen LogP contribution >= 0.6 is 0 Å². The van der Waals surface area contributed by atoms with Crippen molar-refractivity contribution in [3.05, 3.63) is 106 Å². The summed E-state index contributed by atoms with van der Waals surface area (Å²) in [6, 6.07) is 23.2. The zero-order valence-corrected chi connectivity index (χ0v) is 19.7. The van der Waals surface area contributed by atoms with Gasteiger partial charge in [0, 0.05) is 0 Å². The molecule has 1 atom stereocenters. The number of aromatic nitrogens is 2. The van der Waals surface area contributed by atoms with Gasteiger partial charge in [0.15, 0.2) is 6.61 Å². The first-order valence-corrected chi connectivity index (χ1v) is 11.6. The van der Waals surface area contributed by atoms with Crippen LogP contribution in [0.3, 0.4) is 0 Å². The Morgan fingerprint density at radius 3 is 2.37 bits per heavy atom. The number of esters is 1. The molecule has 7 nitrogen and oxygen atoms in total. The van der Waals surface area contributed by atoms with E-state index >= 15 is 0 Å². The lowest BCUT2D eigenvalue weighted by Crippen LogP contribution is -2.32. The zero-order valence-electron chi connectivity index (χ0n) is 19.7. The monoisotopic (exact) mass is 469 g/mol. The van der Waals surface area contributed by atoms with Crippen molar-refractivity contribution in [2.45, 2.75) is 32.7 Å². The second kappa shape index (κ2) is 10.8.